The molecule has 0 atom stereocenters. The Morgan fingerprint density at radius 2 is 2.12 bits per heavy atom. The summed E-state index contributed by atoms with van der Waals surface area (Å²) >= 11 is 5.96. The first-order valence-electron chi connectivity index (χ1n) is 5.99. The van der Waals surface area contributed by atoms with Gasteiger partial charge in [-0.15, -0.1) is 0 Å². The maximum absolute atomic E-state index is 5.96. The van der Waals surface area contributed by atoms with Crippen molar-refractivity contribution in [2.75, 3.05) is 17.6 Å². The van der Waals surface area contributed by atoms with E-state index in [4.69, 9.17) is 17.3 Å². The van der Waals surface area contributed by atoms with Gasteiger partial charge < -0.3 is 11.1 Å². The van der Waals surface area contributed by atoms with E-state index < -0.39 is 0 Å². The quantitative estimate of drug-likeness (QED) is 0.785. The van der Waals surface area contributed by atoms with Crippen LogP contribution in [-0.4, -0.2) is 6.54 Å². The molecule has 2 fully saturated rings. The molecule has 0 heterocycles. The van der Waals surface area contributed by atoms with Gasteiger partial charge in [-0.25, -0.2) is 0 Å². The second-order valence-corrected chi connectivity index (χ2v) is 5.66. The molecule has 0 bridgehead atoms. The average molecular weight is 237 g/mol. The van der Waals surface area contributed by atoms with Crippen molar-refractivity contribution in [3.63, 3.8) is 0 Å². The second kappa shape index (κ2) is 3.56. The lowest BCUT2D eigenvalue weighted by Crippen LogP contribution is -2.17. The molecule has 0 aliphatic heterocycles. The Balaban J connectivity index is 1.67. The van der Waals surface area contributed by atoms with E-state index in [0.29, 0.717) is 5.41 Å². The summed E-state index contributed by atoms with van der Waals surface area (Å²) in [6, 6.07) is 5.61. The van der Waals surface area contributed by atoms with E-state index in [-0.39, 0.29) is 0 Å². The van der Waals surface area contributed by atoms with E-state index in [9.17, 15) is 0 Å². The van der Waals surface area contributed by atoms with Crippen molar-refractivity contribution in [2.24, 2.45) is 11.3 Å². The second-order valence-electron chi connectivity index (χ2n) is 5.22. The summed E-state index contributed by atoms with van der Waals surface area (Å²) in [5.41, 5.74) is 8.28. The molecule has 3 N–H and O–H groups in total. The summed E-state index contributed by atoms with van der Waals surface area (Å²) < 4.78 is 0. The van der Waals surface area contributed by atoms with Crippen molar-refractivity contribution in [1.29, 1.82) is 0 Å². The topological polar surface area (TPSA) is 38.0 Å². The standard InChI is InChI=1S/C13H17ClN2/c14-10-3-4-11(15)12(7-10)16-8-13(5-6-13)9-1-2-9/h3-4,7,9,16H,1-2,5-6,8,15H2. The highest BCUT2D eigenvalue weighted by Gasteiger charge is 2.53. The molecule has 2 aliphatic carbocycles. The molecule has 3 heteroatoms. The van der Waals surface area contributed by atoms with Gasteiger partial charge in [0.2, 0.25) is 0 Å². The minimum absolute atomic E-state index is 0.592. The molecule has 0 radical (unpaired) electrons. The number of rotatable bonds is 4. The van der Waals surface area contributed by atoms with Crippen LogP contribution in [0.2, 0.25) is 5.02 Å². The fourth-order valence-electron chi connectivity index (χ4n) is 2.54. The molecule has 0 amide bonds. The van der Waals surface area contributed by atoms with Gasteiger partial charge in [-0.3, -0.25) is 0 Å². The van der Waals surface area contributed by atoms with Gasteiger partial charge >= 0.3 is 0 Å². The van der Waals surface area contributed by atoms with E-state index in [1.807, 2.05) is 18.2 Å². The number of nitrogen functional groups attached to an aromatic ring is 1. The number of benzene rings is 1. The zero-order valence-electron chi connectivity index (χ0n) is 9.30. The van der Waals surface area contributed by atoms with Crippen molar-refractivity contribution >= 4 is 23.0 Å². The third-order valence-electron chi connectivity index (χ3n) is 3.98. The first-order chi connectivity index (χ1) is 7.70. The molecule has 2 nitrogen and oxygen atoms in total. The third kappa shape index (κ3) is 1.86. The molecule has 2 saturated carbocycles. The van der Waals surface area contributed by atoms with Crippen LogP contribution < -0.4 is 11.1 Å². The Bertz CT molecular complexity index is 408. The first-order valence-corrected chi connectivity index (χ1v) is 6.36. The molecule has 1 aromatic rings. The lowest BCUT2D eigenvalue weighted by Gasteiger charge is -2.17. The lowest BCUT2D eigenvalue weighted by molar-refractivity contribution is 0.467. The Labute approximate surface area is 101 Å². The monoisotopic (exact) mass is 236 g/mol. The highest BCUT2D eigenvalue weighted by atomic mass is 35.5. The zero-order chi connectivity index (χ0) is 11.2. The van der Waals surface area contributed by atoms with Crippen LogP contribution in [0.1, 0.15) is 25.7 Å². The molecule has 0 aromatic heterocycles. The van der Waals surface area contributed by atoms with Crippen molar-refractivity contribution in [1.82, 2.24) is 0 Å². The fraction of sp³-hybridized carbons (Fsp3) is 0.538. The van der Waals surface area contributed by atoms with Crippen LogP contribution in [-0.2, 0) is 0 Å². The Hall–Kier alpha value is -0.890. The van der Waals surface area contributed by atoms with Crippen molar-refractivity contribution < 1.29 is 0 Å². The predicted octanol–water partition coefficient (Wildman–Crippen LogP) is 3.52. The van der Waals surface area contributed by atoms with E-state index in [0.717, 1.165) is 28.9 Å². The van der Waals surface area contributed by atoms with Crippen molar-refractivity contribution in [3.8, 4) is 0 Å². The molecule has 0 unspecified atom stereocenters. The highest BCUT2D eigenvalue weighted by Crippen LogP contribution is 2.61. The number of hydrogen-bond donors (Lipinski definition) is 2. The van der Waals surface area contributed by atoms with Crippen LogP contribution in [0.4, 0.5) is 11.4 Å². The van der Waals surface area contributed by atoms with Crippen molar-refractivity contribution in [2.45, 2.75) is 25.7 Å². The summed E-state index contributed by atoms with van der Waals surface area (Å²) in [5.74, 6) is 0.973. The zero-order valence-corrected chi connectivity index (χ0v) is 10.1. The highest BCUT2D eigenvalue weighted by molar-refractivity contribution is 6.31. The number of halogens is 1. The van der Waals surface area contributed by atoms with E-state index in [1.165, 1.54) is 25.7 Å². The number of anilines is 2. The summed E-state index contributed by atoms with van der Waals surface area (Å²) in [6.07, 6.45) is 5.61. The van der Waals surface area contributed by atoms with Crippen LogP contribution in [0, 0.1) is 11.3 Å². The minimum atomic E-state index is 0.592. The number of nitrogens with two attached hydrogens (primary N) is 1. The summed E-state index contributed by atoms with van der Waals surface area (Å²) in [6.45, 7) is 1.06. The summed E-state index contributed by atoms with van der Waals surface area (Å²) in [4.78, 5) is 0. The van der Waals surface area contributed by atoms with Gasteiger partial charge in [-0.2, -0.15) is 0 Å². The maximum atomic E-state index is 5.96. The largest absolute Gasteiger partial charge is 0.397 e. The molecule has 1 aromatic carbocycles. The Morgan fingerprint density at radius 3 is 2.75 bits per heavy atom. The fourth-order valence-corrected chi connectivity index (χ4v) is 2.71. The number of hydrogen-bond acceptors (Lipinski definition) is 2. The average Bonchev–Trinajstić information content (AvgIpc) is 3.13. The molecule has 2 aliphatic rings. The van der Waals surface area contributed by atoms with Gasteiger partial charge in [-0.05, 0) is 55.2 Å². The van der Waals surface area contributed by atoms with Gasteiger partial charge in [0.25, 0.3) is 0 Å². The normalized spacial score (nSPS) is 21.8. The molecular weight excluding hydrogens is 220 g/mol. The van der Waals surface area contributed by atoms with Gasteiger partial charge in [0.1, 0.15) is 0 Å². The molecular formula is C13H17ClN2. The Kier molecular flexibility index (Phi) is 2.28. The molecule has 0 saturated heterocycles. The SMILES string of the molecule is Nc1ccc(Cl)cc1NCC1(C2CC2)CC1. The summed E-state index contributed by atoms with van der Waals surface area (Å²) in [7, 11) is 0. The third-order valence-corrected chi connectivity index (χ3v) is 4.22. The maximum Gasteiger partial charge on any atom is 0.0589 e. The molecule has 0 spiro atoms. The van der Waals surface area contributed by atoms with Crippen molar-refractivity contribution in [3.05, 3.63) is 23.2 Å². The predicted molar refractivity (Wildman–Crippen MR) is 68.7 cm³/mol. The smallest absolute Gasteiger partial charge is 0.0589 e. The molecule has 3 rings (SSSR count). The van der Waals surface area contributed by atoms with E-state index in [2.05, 4.69) is 5.32 Å². The lowest BCUT2D eigenvalue weighted by atomic mass is 10.0. The van der Waals surface area contributed by atoms with Crippen LogP contribution in [0.25, 0.3) is 0 Å². The van der Waals surface area contributed by atoms with Gasteiger partial charge in [-0.1, -0.05) is 11.6 Å². The van der Waals surface area contributed by atoms with E-state index in [1.54, 1.807) is 0 Å². The van der Waals surface area contributed by atoms with Gasteiger partial charge in [0.05, 0.1) is 11.4 Å². The van der Waals surface area contributed by atoms with E-state index >= 15 is 0 Å². The Morgan fingerprint density at radius 1 is 1.38 bits per heavy atom. The number of nitrogens with one attached hydrogen (secondary N) is 1. The van der Waals surface area contributed by atoms with Crippen LogP contribution >= 0.6 is 11.6 Å². The minimum Gasteiger partial charge on any atom is -0.397 e. The molecule has 16 heavy (non-hydrogen) atoms. The summed E-state index contributed by atoms with van der Waals surface area (Å²) in [5, 5.41) is 4.21. The van der Waals surface area contributed by atoms with Gasteiger partial charge in [0, 0.05) is 11.6 Å². The van der Waals surface area contributed by atoms with Crippen LogP contribution in [0.3, 0.4) is 0 Å². The van der Waals surface area contributed by atoms with Gasteiger partial charge in [0.15, 0.2) is 0 Å². The first kappa shape index (κ1) is 10.3. The molecule has 86 valence electrons. The van der Waals surface area contributed by atoms with Crippen LogP contribution in [0.15, 0.2) is 18.2 Å². The van der Waals surface area contributed by atoms with Crippen LogP contribution in [0.5, 0.6) is 0 Å².